The van der Waals surface area contributed by atoms with Gasteiger partial charge < -0.3 is 9.73 Å². The van der Waals surface area contributed by atoms with Gasteiger partial charge in [0, 0.05) is 12.4 Å². The van der Waals surface area contributed by atoms with Crippen molar-refractivity contribution in [3.05, 3.63) is 62.9 Å². The van der Waals surface area contributed by atoms with Gasteiger partial charge in [0.05, 0.1) is 22.1 Å². The van der Waals surface area contributed by atoms with Crippen LogP contribution >= 0.6 is 0 Å². The number of nitro groups is 1. The molecule has 9 nitrogen and oxygen atoms in total. The fourth-order valence-corrected chi connectivity index (χ4v) is 1.93. The van der Waals surface area contributed by atoms with Crippen LogP contribution in [0.4, 0.5) is 11.4 Å². The van der Waals surface area contributed by atoms with E-state index in [9.17, 15) is 19.7 Å². The molecule has 2 heterocycles. The van der Waals surface area contributed by atoms with Crippen molar-refractivity contribution < 1.29 is 14.1 Å². The highest BCUT2D eigenvalue weighted by Crippen LogP contribution is 2.29. The number of aromatic amines is 1. The average Bonchev–Trinajstić information content (AvgIpc) is 2.86. The number of hydrogen-bond donors (Lipinski definition) is 2. The zero-order valence-electron chi connectivity index (χ0n) is 10.9. The van der Waals surface area contributed by atoms with E-state index in [4.69, 9.17) is 4.42 Å². The van der Waals surface area contributed by atoms with Crippen LogP contribution in [0.5, 0.6) is 0 Å². The van der Waals surface area contributed by atoms with Gasteiger partial charge in [-0.25, -0.2) is 4.79 Å². The topological polar surface area (TPSA) is 131 Å². The van der Waals surface area contributed by atoms with E-state index in [1.54, 1.807) is 6.07 Å². The Morgan fingerprint density at radius 1 is 1.41 bits per heavy atom. The van der Waals surface area contributed by atoms with Gasteiger partial charge in [-0.15, -0.1) is 0 Å². The molecule has 1 aromatic carbocycles. The molecule has 1 amide bonds. The summed E-state index contributed by atoms with van der Waals surface area (Å²) in [5.74, 6) is -1.29. The van der Waals surface area contributed by atoms with Gasteiger partial charge in [0.15, 0.2) is 5.58 Å². The Hall–Kier alpha value is -3.49. The Labute approximate surface area is 121 Å². The number of carbonyl (C=O) groups is 1. The van der Waals surface area contributed by atoms with Crippen molar-refractivity contribution in [3.8, 4) is 0 Å². The zero-order chi connectivity index (χ0) is 15.7. The number of nitrogens with one attached hydrogen (secondary N) is 2. The largest absolute Gasteiger partial charge is 0.417 e. The average molecular weight is 300 g/mol. The number of carbonyl (C=O) groups excluding carboxylic acids is 1. The second-order valence-electron chi connectivity index (χ2n) is 4.33. The van der Waals surface area contributed by atoms with Gasteiger partial charge >= 0.3 is 5.76 Å². The first-order valence-corrected chi connectivity index (χ1v) is 6.07. The normalized spacial score (nSPS) is 10.5. The van der Waals surface area contributed by atoms with Crippen molar-refractivity contribution in [2.45, 2.75) is 0 Å². The van der Waals surface area contributed by atoms with Gasteiger partial charge in [0.1, 0.15) is 5.69 Å². The molecule has 110 valence electrons. The third-order valence-electron chi connectivity index (χ3n) is 2.91. The molecule has 2 aromatic heterocycles. The van der Waals surface area contributed by atoms with Crippen LogP contribution in [0.3, 0.4) is 0 Å². The number of amides is 1. The lowest BCUT2D eigenvalue weighted by molar-refractivity contribution is -0.383. The third-order valence-corrected chi connectivity index (χ3v) is 2.91. The first kappa shape index (κ1) is 13.5. The number of rotatable bonds is 3. The monoisotopic (exact) mass is 300 g/mol. The summed E-state index contributed by atoms with van der Waals surface area (Å²) in [7, 11) is 0. The first-order chi connectivity index (χ1) is 10.5. The standard InChI is InChI=1S/C13H8N4O5/c18-12(7-2-1-3-14-6-7)15-8-4-9-11(22-13(19)16-9)5-10(8)17(20)21/h1-6H,(H,15,18)(H,16,19). The molecule has 0 spiro atoms. The number of aromatic nitrogens is 2. The maximum atomic E-state index is 12.1. The van der Waals surface area contributed by atoms with E-state index in [2.05, 4.69) is 15.3 Å². The fourth-order valence-electron chi connectivity index (χ4n) is 1.93. The smallest absolute Gasteiger partial charge is 0.408 e. The number of nitrogens with zero attached hydrogens (tertiary/aromatic N) is 2. The number of hydrogen-bond acceptors (Lipinski definition) is 6. The van der Waals surface area contributed by atoms with Crippen LogP contribution in [-0.4, -0.2) is 20.8 Å². The number of fused-ring (bicyclic) bond motifs is 1. The molecule has 0 aliphatic carbocycles. The van der Waals surface area contributed by atoms with Crippen LogP contribution in [0.15, 0.2) is 45.9 Å². The molecule has 0 unspecified atom stereocenters. The number of benzene rings is 1. The summed E-state index contributed by atoms with van der Waals surface area (Å²) in [5.41, 5.74) is 0.0987. The summed E-state index contributed by atoms with van der Waals surface area (Å²) >= 11 is 0. The lowest BCUT2D eigenvalue weighted by Crippen LogP contribution is -2.13. The Bertz CT molecular complexity index is 929. The van der Waals surface area contributed by atoms with E-state index in [1.165, 1.54) is 24.5 Å². The van der Waals surface area contributed by atoms with E-state index in [1.807, 2.05) is 0 Å². The van der Waals surface area contributed by atoms with Gasteiger partial charge in [-0.05, 0) is 18.2 Å². The summed E-state index contributed by atoms with van der Waals surface area (Å²) in [6, 6.07) is 5.44. The van der Waals surface area contributed by atoms with Crippen molar-refractivity contribution in [2.24, 2.45) is 0 Å². The molecule has 3 rings (SSSR count). The second-order valence-corrected chi connectivity index (χ2v) is 4.33. The van der Waals surface area contributed by atoms with Crippen LogP contribution in [0.25, 0.3) is 11.1 Å². The summed E-state index contributed by atoms with van der Waals surface area (Å²) < 4.78 is 4.77. The molecule has 0 bridgehead atoms. The number of nitro benzene ring substituents is 1. The van der Waals surface area contributed by atoms with E-state index < -0.39 is 16.6 Å². The quantitative estimate of drug-likeness (QED) is 0.558. The number of oxazole rings is 1. The molecule has 22 heavy (non-hydrogen) atoms. The van der Waals surface area contributed by atoms with Crippen LogP contribution in [0, 0.1) is 10.1 Å². The molecule has 0 aliphatic rings. The Morgan fingerprint density at radius 3 is 2.91 bits per heavy atom. The highest BCUT2D eigenvalue weighted by Gasteiger charge is 2.20. The van der Waals surface area contributed by atoms with Crippen molar-refractivity contribution in [3.63, 3.8) is 0 Å². The summed E-state index contributed by atoms with van der Waals surface area (Å²) in [4.78, 5) is 39.8. The minimum atomic E-state index is -0.736. The summed E-state index contributed by atoms with van der Waals surface area (Å²) in [5, 5.41) is 13.5. The van der Waals surface area contributed by atoms with E-state index >= 15 is 0 Å². The molecule has 0 saturated carbocycles. The van der Waals surface area contributed by atoms with Gasteiger partial charge in [-0.2, -0.15) is 0 Å². The zero-order valence-corrected chi connectivity index (χ0v) is 10.9. The van der Waals surface area contributed by atoms with Crippen LogP contribution in [0.2, 0.25) is 0 Å². The summed E-state index contributed by atoms with van der Waals surface area (Å²) in [6.07, 6.45) is 2.83. The Morgan fingerprint density at radius 2 is 2.23 bits per heavy atom. The molecule has 3 aromatic rings. The van der Waals surface area contributed by atoms with Gasteiger partial charge in [-0.1, -0.05) is 0 Å². The van der Waals surface area contributed by atoms with Crippen molar-refractivity contribution in [1.82, 2.24) is 9.97 Å². The maximum Gasteiger partial charge on any atom is 0.417 e. The highest BCUT2D eigenvalue weighted by molar-refractivity contribution is 6.06. The third kappa shape index (κ3) is 2.42. The predicted molar refractivity (Wildman–Crippen MR) is 75.7 cm³/mol. The number of anilines is 1. The Kier molecular flexibility index (Phi) is 3.14. The minimum absolute atomic E-state index is 0.0380. The molecular formula is C13H8N4O5. The molecule has 0 radical (unpaired) electrons. The lowest BCUT2D eigenvalue weighted by atomic mass is 10.2. The molecule has 0 fully saturated rings. The van der Waals surface area contributed by atoms with Gasteiger partial charge in [-0.3, -0.25) is 24.9 Å². The van der Waals surface area contributed by atoms with Crippen LogP contribution in [0.1, 0.15) is 10.4 Å². The molecule has 0 saturated heterocycles. The molecule has 2 N–H and O–H groups in total. The van der Waals surface area contributed by atoms with Crippen LogP contribution in [-0.2, 0) is 0 Å². The van der Waals surface area contributed by atoms with Crippen molar-refractivity contribution in [2.75, 3.05) is 5.32 Å². The molecular weight excluding hydrogens is 292 g/mol. The maximum absolute atomic E-state index is 12.1. The second kappa shape index (κ2) is 5.13. The van der Waals surface area contributed by atoms with Gasteiger partial charge in [0.25, 0.3) is 11.6 Å². The van der Waals surface area contributed by atoms with E-state index in [-0.39, 0.29) is 28.0 Å². The summed E-state index contributed by atoms with van der Waals surface area (Å²) in [6.45, 7) is 0. The predicted octanol–water partition coefficient (Wildman–Crippen LogP) is 1.68. The molecule has 9 heteroatoms. The molecule has 0 atom stereocenters. The number of pyridine rings is 1. The van der Waals surface area contributed by atoms with Gasteiger partial charge in [0.2, 0.25) is 0 Å². The van der Waals surface area contributed by atoms with Crippen molar-refractivity contribution in [1.29, 1.82) is 0 Å². The Balaban J connectivity index is 2.05. The van der Waals surface area contributed by atoms with E-state index in [0.29, 0.717) is 0 Å². The fraction of sp³-hybridized carbons (Fsp3) is 0. The van der Waals surface area contributed by atoms with E-state index in [0.717, 1.165) is 6.07 Å². The SMILES string of the molecule is O=C(Nc1cc2[nH]c(=O)oc2cc1[N+](=O)[O-])c1cccnc1. The highest BCUT2D eigenvalue weighted by atomic mass is 16.6. The molecule has 0 aliphatic heterocycles. The number of H-pyrrole nitrogens is 1. The lowest BCUT2D eigenvalue weighted by Gasteiger charge is -2.05. The minimum Gasteiger partial charge on any atom is -0.408 e. The van der Waals surface area contributed by atoms with Crippen LogP contribution < -0.4 is 11.1 Å². The van der Waals surface area contributed by atoms with Crippen molar-refractivity contribution >= 4 is 28.4 Å². The first-order valence-electron chi connectivity index (χ1n) is 6.07.